The van der Waals surface area contributed by atoms with Gasteiger partial charge in [-0.05, 0) is 30.7 Å². The summed E-state index contributed by atoms with van der Waals surface area (Å²) in [6.07, 6.45) is 5.03. The number of aryl methyl sites for hydroxylation is 1. The molecule has 3 aromatic rings. The lowest BCUT2D eigenvalue weighted by molar-refractivity contribution is -0.120. The summed E-state index contributed by atoms with van der Waals surface area (Å²) in [7, 11) is -3.74. The van der Waals surface area contributed by atoms with Gasteiger partial charge in [-0.1, -0.05) is 23.7 Å². The van der Waals surface area contributed by atoms with Crippen molar-refractivity contribution >= 4 is 38.9 Å². The smallest absolute Gasteiger partial charge is 0.242 e. The maximum Gasteiger partial charge on any atom is 0.242 e. The number of aromatic nitrogens is 2. The maximum absolute atomic E-state index is 12.2. The summed E-state index contributed by atoms with van der Waals surface area (Å²) in [6, 6.07) is 10.0. The van der Waals surface area contributed by atoms with Crippen LogP contribution in [0.15, 0.2) is 59.1 Å². The summed E-state index contributed by atoms with van der Waals surface area (Å²) < 4.78 is 26.8. The van der Waals surface area contributed by atoms with Gasteiger partial charge >= 0.3 is 0 Å². The first-order chi connectivity index (χ1) is 14.5. The fourth-order valence-corrected chi connectivity index (χ4v) is 5.08. The van der Waals surface area contributed by atoms with Gasteiger partial charge in [-0.15, -0.1) is 11.3 Å². The number of thiazole rings is 1. The highest BCUT2D eigenvalue weighted by Gasteiger charge is 2.17. The van der Waals surface area contributed by atoms with Crippen molar-refractivity contribution in [3.8, 4) is 11.3 Å². The Kier molecular flexibility index (Phi) is 7.92. The third-order valence-corrected chi connectivity index (χ3v) is 7.06. The molecule has 0 fully saturated rings. The number of halogens is 1. The van der Waals surface area contributed by atoms with Crippen molar-refractivity contribution in [2.45, 2.75) is 24.2 Å². The lowest BCUT2D eigenvalue weighted by atomic mass is 10.2. The first-order valence-electron chi connectivity index (χ1n) is 9.31. The molecule has 7 nitrogen and oxygen atoms in total. The maximum atomic E-state index is 12.2. The number of nitrogens with one attached hydrogen (secondary N) is 2. The molecule has 2 heterocycles. The molecule has 30 heavy (non-hydrogen) atoms. The van der Waals surface area contributed by atoms with Gasteiger partial charge in [-0.25, -0.2) is 18.1 Å². The standard InChI is InChI=1S/C20H21ClN4O3S2/c21-16-4-1-2-5-18(16)30(27,28)24-13-9-19(26)23-10-3-6-20-25-17(14-29-20)15-7-11-22-12-8-15/h1-2,4-5,7-8,11-12,14,24H,3,6,9-10,13H2,(H,23,26). The van der Waals surface area contributed by atoms with E-state index < -0.39 is 10.0 Å². The van der Waals surface area contributed by atoms with E-state index in [-0.39, 0.29) is 28.8 Å². The van der Waals surface area contributed by atoms with E-state index in [1.807, 2.05) is 17.5 Å². The van der Waals surface area contributed by atoms with E-state index >= 15 is 0 Å². The van der Waals surface area contributed by atoms with Gasteiger partial charge in [0.15, 0.2) is 0 Å². The fourth-order valence-electron chi connectivity index (χ4n) is 2.68. The van der Waals surface area contributed by atoms with Crippen molar-refractivity contribution in [1.82, 2.24) is 20.0 Å². The van der Waals surface area contributed by atoms with E-state index in [4.69, 9.17) is 11.6 Å². The third-order valence-electron chi connectivity index (χ3n) is 4.19. The number of hydrogen-bond acceptors (Lipinski definition) is 6. The quantitative estimate of drug-likeness (QED) is 0.448. The van der Waals surface area contributed by atoms with Crippen LogP contribution in [0.5, 0.6) is 0 Å². The number of carbonyl (C=O) groups excluding carboxylic acids is 1. The van der Waals surface area contributed by atoms with Gasteiger partial charge in [-0.3, -0.25) is 9.78 Å². The van der Waals surface area contributed by atoms with Crippen molar-refractivity contribution in [3.05, 3.63) is 64.2 Å². The average molecular weight is 465 g/mol. The topological polar surface area (TPSA) is 101 Å². The van der Waals surface area contributed by atoms with Crippen molar-refractivity contribution in [3.63, 3.8) is 0 Å². The number of hydrogen-bond donors (Lipinski definition) is 2. The average Bonchev–Trinajstić information content (AvgIpc) is 3.21. The molecule has 0 bridgehead atoms. The SMILES string of the molecule is O=C(CCNS(=O)(=O)c1ccccc1Cl)NCCCc1nc(-c2ccncc2)cs1. The molecule has 0 atom stereocenters. The number of rotatable bonds is 10. The summed E-state index contributed by atoms with van der Waals surface area (Å²) in [5.74, 6) is -0.214. The Labute approximate surface area is 184 Å². The van der Waals surface area contributed by atoms with Gasteiger partial charge in [0, 0.05) is 49.3 Å². The van der Waals surface area contributed by atoms with E-state index in [9.17, 15) is 13.2 Å². The van der Waals surface area contributed by atoms with E-state index in [0.717, 1.165) is 29.1 Å². The van der Waals surface area contributed by atoms with Crippen LogP contribution in [0, 0.1) is 0 Å². The second-order valence-corrected chi connectivity index (χ2v) is 9.48. The minimum absolute atomic E-state index is 0.00115. The number of nitrogens with zero attached hydrogens (tertiary/aromatic N) is 2. The monoisotopic (exact) mass is 464 g/mol. The molecule has 0 spiro atoms. The Balaban J connectivity index is 1.36. The van der Waals surface area contributed by atoms with Crippen LogP contribution < -0.4 is 10.0 Å². The predicted octanol–water partition coefficient (Wildman–Crippen LogP) is 3.28. The Morgan fingerprint density at radius 3 is 2.63 bits per heavy atom. The van der Waals surface area contributed by atoms with Crippen molar-refractivity contribution in [1.29, 1.82) is 0 Å². The molecule has 0 unspecified atom stereocenters. The molecular formula is C20H21ClN4O3S2. The molecule has 10 heteroatoms. The van der Waals surface area contributed by atoms with E-state index in [1.54, 1.807) is 35.9 Å². The minimum atomic E-state index is -3.74. The molecule has 0 aliphatic rings. The largest absolute Gasteiger partial charge is 0.356 e. The molecule has 3 rings (SSSR count). The first-order valence-corrected chi connectivity index (χ1v) is 12.1. The first kappa shape index (κ1) is 22.4. The highest BCUT2D eigenvalue weighted by molar-refractivity contribution is 7.89. The highest BCUT2D eigenvalue weighted by Crippen LogP contribution is 2.22. The third kappa shape index (κ3) is 6.33. The van der Waals surface area contributed by atoms with Crippen LogP contribution >= 0.6 is 22.9 Å². The second kappa shape index (κ2) is 10.6. The van der Waals surface area contributed by atoms with Crippen LogP contribution in [0.4, 0.5) is 0 Å². The molecule has 0 aliphatic carbocycles. The second-order valence-electron chi connectivity index (χ2n) is 6.39. The van der Waals surface area contributed by atoms with Crippen LogP contribution in [-0.2, 0) is 21.2 Å². The Bertz CT molecular complexity index is 1090. The molecule has 1 amide bonds. The molecule has 0 saturated carbocycles. The summed E-state index contributed by atoms with van der Waals surface area (Å²) in [5.41, 5.74) is 1.95. The van der Waals surface area contributed by atoms with Gasteiger partial charge in [-0.2, -0.15) is 0 Å². The lowest BCUT2D eigenvalue weighted by Crippen LogP contribution is -2.31. The van der Waals surface area contributed by atoms with Crippen molar-refractivity contribution in [2.24, 2.45) is 0 Å². The van der Waals surface area contributed by atoms with Gasteiger partial charge in [0.2, 0.25) is 15.9 Å². The summed E-state index contributed by atoms with van der Waals surface area (Å²) in [5, 5.41) is 5.95. The number of carbonyl (C=O) groups is 1. The Morgan fingerprint density at radius 2 is 1.87 bits per heavy atom. The van der Waals surface area contributed by atoms with Crippen molar-refractivity contribution in [2.75, 3.05) is 13.1 Å². The normalized spacial score (nSPS) is 11.4. The molecule has 2 N–H and O–H groups in total. The van der Waals surface area contributed by atoms with Crippen LogP contribution in [0.3, 0.4) is 0 Å². The van der Waals surface area contributed by atoms with Gasteiger partial charge in [0.1, 0.15) is 4.90 Å². The lowest BCUT2D eigenvalue weighted by Gasteiger charge is -2.08. The van der Waals surface area contributed by atoms with Crippen LogP contribution in [0.2, 0.25) is 5.02 Å². The van der Waals surface area contributed by atoms with Gasteiger partial charge < -0.3 is 5.32 Å². The summed E-state index contributed by atoms with van der Waals surface area (Å²) >= 11 is 7.50. The van der Waals surface area contributed by atoms with E-state index in [0.29, 0.717) is 6.54 Å². The zero-order chi connectivity index (χ0) is 21.4. The van der Waals surface area contributed by atoms with Crippen LogP contribution in [0.25, 0.3) is 11.3 Å². The zero-order valence-corrected chi connectivity index (χ0v) is 18.4. The number of amides is 1. The van der Waals surface area contributed by atoms with Crippen LogP contribution in [0.1, 0.15) is 17.8 Å². The molecule has 0 aliphatic heterocycles. The zero-order valence-electron chi connectivity index (χ0n) is 16.0. The molecule has 2 aromatic heterocycles. The van der Waals surface area contributed by atoms with Gasteiger partial charge in [0.05, 0.1) is 15.7 Å². The fraction of sp³-hybridized carbons (Fsp3) is 0.250. The van der Waals surface area contributed by atoms with Crippen LogP contribution in [-0.4, -0.2) is 37.4 Å². The summed E-state index contributed by atoms with van der Waals surface area (Å²) in [4.78, 5) is 20.5. The molecule has 158 valence electrons. The van der Waals surface area contributed by atoms with Crippen molar-refractivity contribution < 1.29 is 13.2 Å². The number of pyridine rings is 1. The van der Waals surface area contributed by atoms with E-state index in [1.165, 1.54) is 12.1 Å². The number of sulfonamides is 1. The Morgan fingerprint density at radius 1 is 1.10 bits per heavy atom. The Hall–Kier alpha value is -2.33. The van der Waals surface area contributed by atoms with E-state index in [2.05, 4.69) is 20.0 Å². The molecule has 1 aromatic carbocycles. The highest BCUT2D eigenvalue weighted by atomic mass is 35.5. The van der Waals surface area contributed by atoms with Gasteiger partial charge in [0.25, 0.3) is 0 Å². The molecule has 0 saturated heterocycles. The number of benzene rings is 1. The molecular weight excluding hydrogens is 444 g/mol. The minimum Gasteiger partial charge on any atom is -0.356 e. The molecule has 0 radical (unpaired) electrons. The summed E-state index contributed by atoms with van der Waals surface area (Å²) in [6.45, 7) is 0.501. The predicted molar refractivity (Wildman–Crippen MR) is 118 cm³/mol.